The van der Waals surface area contributed by atoms with Gasteiger partial charge in [-0.05, 0) is 26.4 Å². The summed E-state index contributed by atoms with van der Waals surface area (Å²) in [6.45, 7) is 6.43. The molecule has 2 aromatic carbocycles. The monoisotopic (exact) mass is 436 g/mol. The first-order valence-electron chi connectivity index (χ1n) is 11.5. The molecule has 3 aromatic rings. The number of fused-ring (bicyclic) bond motifs is 1. The third-order valence-corrected chi connectivity index (χ3v) is 6.07. The molecule has 0 atom stereocenters. The van der Waals surface area contributed by atoms with Gasteiger partial charge in [0.2, 0.25) is 0 Å². The summed E-state index contributed by atoms with van der Waals surface area (Å²) in [7, 11) is 2.18. The quantitative estimate of drug-likeness (QED) is 0.503. The Labute approximate surface area is 189 Å². The van der Waals surface area contributed by atoms with Crippen LogP contribution in [-0.2, 0) is 0 Å². The molecule has 6 nitrogen and oxygen atoms in total. The Kier molecular flexibility index (Phi) is 7.45. The summed E-state index contributed by atoms with van der Waals surface area (Å²) in [4.78, 5) is 17.5. The van der Waals surface area contributed by atoms with Crippen molar-refractivity contribution in [1.82, 2.24) is 9.80 Å². The number of unbranched alkanes of at least 4 members (excludes halogenated alkanes) is 3. The number of likely N-dealkylation sites (N-methyl/N-ethyl adjacent to an activating group) is 1. The molecule has 1 N–H and O–H groups in total. The van der Waals surface area contributed by atoms with Gasteiger partial charge in [0.15, 0.2) is 5.43 Å². The number of piperazine rings is 1. The van der Waals surface area contributed by atoms with Crippen LogP contribution >= 0.6 is 0 Å². The molecule has 1 aliphatic heterocycles. The lowest BCUT2D eigenvalue weighted by Gasteiger charge is -2.32. The Morgan fingerprint density at radius 3 is 2.50 bits per heavy atom. The van der Waals surface area contributed by atoms with Gasteiger partial charge in [-0.1, -0.05) is 43.2 Å². The smallest absolute Gasteiger partial charge is 0.197 e. The number of aromatic hydroxyl groups is 1. The van der Waals surface area contributed by atoms with Gasteiger partial charge in [0.05, 0.1) is 6.61 Å². The van der Waals surface area contributed by atoms with E-state index in [0.717, 1.165) is 18.4 Å². The van der Waals surface area contributed by atoms with Crippen molar-refractivity contribution in [3.63, 3.8) is 0 Å². The molecule has 2 heterocycles. The summed E-state index contributed by atoms with van der Waals surface area (Å²) in [5, 5.41) is 10.5. The topological polar surface area (TPSA) is 66.2 Å². The predicted octanol–water partition coefficient (Wildman–Crippen LogP) is 4.35. The summed E-state index contributed by atoms with van der Waals surface area (Å²) in [6, 6.07) is 14.1. The van der Waals surface area contributed by atoms with E-state index in [0.29, 0.717) is 23.7 Å². The molecule has 0 radical (unpaired) electrons. The molecule has 1 aliphatic rings. The van der Waals surface area contributed by atoms with Gasteiger partial charge >= 0.3 is 0 Å². The fourth-order valence-corrected chi connectivity index (χ4v) is 4.12. The number of hydrogen-bond donors (Lipinski definition) is 1. The minimum atomic E-state index is -0.269. The van der Waals surface area contributed by atoms with Gasteiger partial charge < -0.3 is 24.1 Å². The van der Waals surface area contributed by atoms with E-state index in [-0.39, 0.29) is 16.6 Å². The molecule has 1 fully saturated rings. The molecule has 0 amide bonds. The molecule has 0 aliphatic carbocycles. The highest BCUT2D eigenvalue weighted by Gasteiger charge is 2.14. The van der Waals surface area contributed by atoms with Crippen LogP contribution in [0.25, 0.3) is 22.3 Å². The van der Waals surface area contributed by atoms with Crippen LogP contribution < -0.4 is 10.2 Å². The normalized spacial score (nSPS) is 15.3. The molecule has 0 spiro atoms. The molecule has 1 aromatic heterocycles. The Bertz CT molecular complexity index is 1070. The molecule has 0 bridgehead atoms. The Balaban J connectivity index is 1.29. The molecule has 6 heteroatoms. The summed E-state index contributed by atoms with van der Waals surface area (Å²) >= 11 is 0. The zero-order chi connectivity index (χ0) is 22.3. The second-order valence-corrected chi connectivity index (χ2v) is 8.56. The molecule has 4 rings (SSSR count). The number of ether oxygens (including phenoxy) is 1. The second kappa shape index (κ2) is 10.7. The van der Waals surface area contributed by atoms with Crippen molar-refractivity contribution in [2.45, 2.75) is 25.7 Å². The van der Waals surface area contributed by atoms with E-state index in [1.54, 1.807) is 6.07 Å². The zero-order valence-electron chi connectivity index (χ0n) is 18.8. The minimum Gasteiger partial charge on any atom is -0.507 e. The van der Waals surface area contributed by atoms with Crippen LogP contribution in [0.15, 0.2) is 57.7 Å². The van der Waals surface area contributed by atoms with Crippen LogP contribution in [0.3, 0.4) is 0 Å². The highest BCUT2D eigenvalue weighted by Crippen LogP contribution is 2.31. The first-order chi connectivity index (χ1) is 15.6. The highest BCUT2D eigenvalue weighted by molar-refractivity contribution is 5.86. The van der Waals surface area contributed by atoms with Crippen LogP contribution in [-0.4, -0.2) is 61.3 Å². The lowest BCUT2D eigenvalue weighted by Crippen LogP contribution is -2.44. The van der Waals surface area contributed by atoms with Crippen LogP contribution in [0, 0.1) is 0 Å². The highest BCUT2D eigenvalue weighted by atomic mass is 16.5. The summed E-state index contributed by atoms with van der Waals surface area (Å²) in [5.41, 5.74) is 0.877. The van der Waals surface area contributed by atoms with Crippen molar-refractivity contribution in [2.24, 2.45) is 0 Å². The summed E-state index contributed by atoms with van der Waals surface area (Å²) < 4.78 is 11.8. The SMILES string of the molecule is CN1CCN(CCCCCCOc2cc(O)c3c(=O)cc(-c4ccccc4)oc3c2)CC1. The van der Waals surface area contributed by atoms with Gasteiger partial charge in [-0.25, -0.2) is 0 Å². The van der Waals surface area contributed by atoms with Crippen molar-refractivity contribution in [3.8, 4) is 22.8 Å². The van der Waals surface area contributed by atoms with Crippen molar-refractivity contribution < 1.29 is 14.3 Å². The fraction of sp³-hybridized carbons (Fsp3) is 0.423. The maximum Gasteiger partial charge on any atom is 0.197 e. The van der Waals surface area contributed by atoms with Crippen molar-refractivity contribution in [1.29, 1.82) is 0 Å². The van der Waals surface area contributed by atoms with Gasteiger partial charge in [0, 0.05) is 49.9 Å². The molecule has 1 saturated heterocycles. The molecule has 170 valence electrons. The van der Waals surface area contributed by atoms with Gasteiger partial charge in [-0.15, -0.1) is 0 Å². The Morgan fingerprint density at radius 1 is 0.969 bits per heavy atom. The maximum absolute atomic E-state index is 12.5. The summed E-state index contributed by atoms with van der Waals surface area (Å²) in [6.07, 6.45) is 4.47. The Morgan fingerprint density at radius 2 is 1.72 bits per heavy atom. The van der Waals surface area contributed by atoms with Crippen molar-refractivity contribution in [3.05, 3.63) is 58.8 Å². The lowest BCUT2D eigenvalue weighted by molar-refractivity contribution is 0.151. The maximum atomic E-state index is 12.5. The van der Waals surface area contributed by atoms with Crippen molar-refractivity contribution in [2.75, 3.05) is 46.4 Å². The van der Waals surface area contributed by atoms with Crippen LogP contribution in [0.4, 0.5) is 0 Å². The lowest BCUT2D eigenvalue weighted by atomic mass is 10.1. The first-order valence-corrected chi connectivity index (χ1v) is 11.5. The summed E-state index contributed by atoms with van der Waals surface area (Å²) in [5.74, 6) is 0.874. The molecular formula is C26H32N2O4. The number of nitrogens with zero attached hydrogens (tertiary/aromatic N) is 2. The first kappa shape index (κ1) is 22.4. The molecule has 0 saturated carbocycles. The number of benzene rings is 2. The van der Waals surface area contributed by atoms with E-state index in [1.807, 2.05) is 30.3 Å². The third kappa shape index (κ3) is 5.69. The standard InChI is InChI=1S/C26H32N2O4/c1-27-12-14-28(15-13-27)11-7-2-3-8-16-31-21-17-22(29)26-23(30)19-24(32-25(26)18-21)20-9-5-4-6-10-20/h4-6,9-10,17-19,29H,2-3,7-8,11-16H2,1H3. The predicted molar refractivity (Wildman–Crippen MR) is 127 cm³/mol. The number of phenols is 1. The van der Waals surface area contributed by atoms with Gasteiger partial charge in [0.25, 0.3) is 0 Å². The van der Waals surface area contributed by atoms with Gasteiger partial charge in [0.1, 0.15) is 28.2 Å². The van der Waals surface area contributed by atoms with E-state index < -0.39 is 0 Å². The van der Waals surface area contributed by atoms with E-state index >= 15 is 0 Å². The molecule has 32 heavy (non-hydrogen) atoms. The minimum absolute atomic E-state index is 0.113. The van der Waals surface area contributed by atoms with Crippen LogP contribution in [0.2, 0.25) is 0 Å². The van der Waals surface area contributed by atoms with Gasteiger partial charge in [-0.2, -0.15) is 0 Å². The average Bonchev–Trinajstić information content (AvgIpc) is 2.79. The van der Waals surface area contributed by atoms with Gasteiger partial charge in [-0.3, -0.25) is 4.79 Å². The molecular weight excluding hydrogens is 404 g/mol. The second-order valence-electron chi connectivity index (χ2n) is 8.56. The van der Waals surface area contributed by atoms with E-state index in [4.69, 9.17) is 9.15 Å². The third-order valence-electron chi connectivity index (χ3n) is 6.07. The largest absolute Gasteiger partial charge is 0.507 e. The van der Waals surface area contributed by atoms with E-state index in [1.165, 1.54) is 57.7 Å². The van der Waals surface area contributed by atoms with E-state index in [2.05, 4.69) is 16.8 Å². The van der Waals surface area contributed by atoms with Crippen molar-refractivity contribution >= 4 is 11.0 Å². The number of phenolic OH excluding ortho intramolecular Hbond substituents is 1. The zero-order valence-corrected chi connectivity index (χ0v) is 18.8. The Hall–Kier alpha value is -2.83. The number of rotatable bonds is 9. The number of hydrogen-bond acceptors (Lipinski definition) is 6. The fourth-order valence-electron chi connectivity index (χ4n) is 4.12. The van der Waals surface area contributed by atoms with Crippen LogP contribution in [0.5, 0.6) is 11.5 Å². The average molecular weight is 437 g/mol. The van der Waals surface area contributed by atoms with E-state index in [9.17, 15) is 9.90 Å². The van der Waals surface area contributed by atoms with Crippen LogP contribution in [0.1, 0.15) is 25.7 Å². The molecule has 0 unspecified atom stereocenters.